The number of hydrogen-bond donors (Lipinski definition) is 1. The van der Waals surface area contributed by atoms with Crippen molar-refractivity contribution in [2.75, 3.05) is 13.7 Å². The van der Waals surface area contributed by atoms with E-state index in [0.717, 1.165) is 22.3 Å². The predicted molar refractivity (Wildman–Crippen MR) is 104 cm³/mol. The molecule has 5 heteroatoms. The number of amides is 2. The van der Waals surface area contributed by atoms with E-state index in [1.807, 2.05) is 57.2 Å². The molecule has 2 atom stereocenters. The molecule has 2 amide bonds. The van der Waals surface area contributed by atoms with Gasteiger partial charge in [0.15, 0.2) is 6.10 Å². The Bertz CT molecular complexity index is 862. The first-order chi connectivity index (χ1) is 12.9. The molecule has 0 aliphatic carbocycles. The van der Waals surface area contributed by atoms with E-state index in [1.54, 1.807) is 11.9 Å². The van der Waals surface area contributed by atoms with Gasteiger partial charge in [-0.25, -0.2) is 0 Å². The lowest BCUT2D eigenvalue weighted by molar-refractivity contribution is -0.162. The lowest BCUT2D eigenvalue weighted by atomic mass is 9.94. The molecule has 0 radical (unpaired) electrons. The summed E-state index contributed by atoms with van der Waals surface area (Å²) in [5.74, 6) is -0.329. The van der Waals surface area contributed by atoms with Gasteiger partial charge in [-0.15, -0.1) is 0 Å². The standard InChI is InChI=1S/C22H26N2O3/c1-14-9-10-17(16(3)11-14)12-23-22(26)21-20(24(4)19(25)13-27-21)18-8-6-5-7-15(18)2/h5-11,20-21H,12-13H2,1-4H3,(H,23,26)/t20-,21+/m1/s1. The summed E-state index contributed by atoms with van der Waals surface area (Å²) in [7, 11) is 1.73. The number of carbonyl (C=O) groups excluding carboxylic acids is 2. The number of ether oxygens (including phenoxy) is 1. The number of benzene rings is 2. The minimum atomic E-state index is -0.737. The summed E-state index contributed by atoms with van der Waals surface area (Å²) in [4.78, 5) is 26.7. The summed E-state index contributed by atoms with van der Waals surface area (Å²) in [6, 6.07) is 13.5. The van der Waals surface area contributed by atoms with E-state index >= 15 is 0 Å². The molecule has 0 spiro atoms. The van der Waals surface area contributed by atoms with E-state index in [4.69, 9.17) is 4.74 Å². The highest BCUT2D eigenvalue weighted by Crippen LogP contribution is 2.31. The largest absolute Gasteiger partial charge is 0.356 e. The Balaban J connectivity index is 1.80. The Morgan fingerprint density at radius 1 is 1.15 bits per heavy atom. The molecule has 1 aliphatic heterocycles. The van der Waals surface area contributed by atoms with E-state index in [2.05, 4.69) is 11.4 Å². The van der Waals surface area contributed by atoms with Crippen molar-refractivity contribution in [2.45, 2.75) is 39.5 Å². The van der Waals surface area contributed by atoms with Gasteiger partial charge in [0.05, 0.1) is 6.04 Å². The fourth-order valence-corrected chi connectivity index (χ4v) is 3.55. The van der Waals surface area contributed by atoms with Crippen molar-refractivity contribution < 1.29 is 14.3 Å². The Hall–Kier alpha value is -2.66. The molecule has 1 N–H and O–H groups in total. The Kier molecular flexibility index (Phi) is 5.61. The van der Waals surface area contributed by atoms with Gasteiger partial charge in [-0.1, -0.05) is 48.0 Å². The third-order valence-corrected chi connectivity index (χ3v) is 5.20. The fourth-order valence-electron chi connectivity index (χ4n) is 3.55. The van der Waals surface area contributed by atoms with Gasteiger partial charge < -0.3 is 15.0 Å². The Labute approximate surface area is 160 Å². The second kappa shape index (κ2) is 7.92. The molecule has 1 fully saturated rings. The number of nitrogens with one attached hydrogen (secondary N) is 1. The molecule has 0 unspecified atom stereocenters. The minimum Gasteiger partial charge on any atom is -0.356 e. The van der Waals surface area contributed by atoms with Crippen LogP contribution in [0.3, 0.4) is 0 Å². The molecule has 142 valence electrons. The van der Waals surface area contributed by atoms with Gasteiger partial charge >= 0.3 is 0 Å². The number of rotatable bonds is 4. The first kappa shape index (κ1) is 19.1. The highest BCUT2D eigenvalue weighted by atomic mass is 16.5. The highest BCUT2D eigenvalue weighted by Gasteiger charge is 2.40. The van der Waals surface area contributed by atoms with Crippen LogP contribution in [-0.2, 0) is 20.9 Å². The second-order valence-corrected chi connectivity index (χ2v) is 7.19. The third kappa shape index (κ3) is 4.03. The molecule has 0 bridgehead atoms. The minimum absolute atomic E-state index is 0.0828. The van der Waals surface area contributed by atoms with Gasteiger partial charge in [-0.2, -0.15) is 0 Å². The summed E-state index contributed by atoms with van der Waals surface area (Å²) >= 11 is 0. The summed E-state index contributed by atoms with van der Waals surface area (Å²) in [6.07, 6.45) is -0.737. The monoisotopic (exact) mass is 366 g/mol. The normalized spacial score (nSPS) is 19.9. The van der Waals surface area contributed by atoms with Crippen molar-refractivity contribution in [3.8, 4) is 0 Å². The van der Waals surface area contributed by atoms with Crippen molar-refractivity contribution in [3.05, 3.63) is 70.3 Å². The van der Waals surface area contributed by atoms with Crippen LogP contribution in [-0.4, -0.2) is 36.5 Å². The maximum absolute atomic E-state index is 12.9. The van der Waals surface area contributed by atoms with Crippen LogP contribution in [0.5, 0.6) is 0 Å². The smallest absolute Gasteiger partial charge is 0.251 e. The van der Waals surface area contributed by atoms with Crippen LogP contribution in [0.15, 0.2) is 42.5 Å². The second-order valence-electron chi connectivity index (χ2n) is 7.19. The molecule has 3 rings (SSSR count). The van der Waals surface area contributed by atoms with Crippen LogP contribution in [0.2, 0.25) is 0 Å². The lowest BCUT2D eigenvalue weighted by Gasteiger charge is -2.39. The van der Waals surface area contributed by atoms with Crippen LogP contribution >= 0.6 is 0 Å². The van der Waals surface area contributed by atoms with Gasteiger partial charge in [-0.3, -0.25) is 9.59 Å². The van der Waals surface area contributed by atoms with Gasteiger partial charge in [0, 0.05) is 13.6 Å². The van der Waals surface area contributed by atoms with Gasteiger partial charge in [-0.05, 0) is 43.0 Å². The molecule has 2 aromatic carbocycles. The molecule has 0 aromatic heterocycles. The molecule has 0 saturated carbocycles. The van der Waals surface area contributed by atoms with Gasteiger partial charge in [0.25, 0.3) is 5.91 Å². The summed E-state index contributed by atoms with van der Waals surface area (Å²) in [5, 5.41) is 2.98. The summed E-state index contributed by atoms with van der Waals surface area (Å²) < 4.78 is 5.68. The van der Waals surface area contributed by atoms with Crippen LogP contribution in [0.1, 0.15) is 33.9 Å². The number of nitrogens with zero attached hydrogens (tertiary/aromatic N) is 1. The van der Waals surface area contributed by atoms with Crippen molar-refractivity contribution >= 4 is 11.8 Å². The number of aryl methyl sites for hydroxylation is 3. The molecule has 1 saturated heterocycles. The first-order valence-corrected chi connectivity index (χ1v) is 9.15. The summed E-state index contributed by atoms with van der Waals surface area (Å²) in [6.45, 7) is 6.41. The quantitative estimate of drug-likeness (QED) is 0.905. The maximum Gasteiger partial charge on any atom is 0.251 e. The highest BCUT2D eigenvalue weighted by molar-refractivity contribution is 5.86. The van der Waals surface area contributed by atoms with Crippen molar-refractivity contribution in [1.82, 2.24) is 10.2 Å². The van der Waals surface area contributed by atoms with Crippen molar-refractivity contribution in [1.29, 1.82) is 0 Å². The SMILES string of the molecule is Cc1ccc(CNC(=O)[C@H]2OCC(=O)N(C)[C@@H]2c2ccccc2C)c(C)c1. The van der Waals surface area contributed by atoms with Gasteiger partial charge in [0.2, 0.25) is 5.91 Å². The number of carbonyl (C=O) groups is 2. The van der Waals surface area contributed by atoms with Crippen LogP contribution < -0.4 is 5.32 Å². The van der Waals surface area contributed by atoms with E-state index in [0.29, 0.717) is 6.54 Å². The maximum atomic E-state index is 12.9. The zero-order valence-corrected chi connectivity index (χ0v) is 16.3. The van der Waals surface area contributed by atoms with Crippen LogP contribution in [0.25, 0.3) is 0 Å². The first-order valence-electron chi connectivity index (χ1n) is 9.15. The third-order valence-electron chi connectivity index (χ3n) is 5.20. The topological polar surface area (TPSA) is 58.6 Å². The Morgan fingerprint density at radius 3 is 2.59 bits per heavy atom. The van der Waals surface area contributed by atoms with Crippen molar-refractivity contribution in [3.63, 3.8) is 0 Å². The molecule has 27 heavy (non-hydrogen) atoms. The predicted octanol–water partition coefficient (Wildman–Crippen LogP) is 2.83. The number of morpholine rings is 1. The average molecular weight is 366 g/mol. The van der Waals surface area contributed by atoms with Gasteiger partial charge in [0.1, 0.15) is 6.61 Å². The van der Waals surface area contributed by atoms with Crippen molar-refractivity contribution in [2.24, 2.45) is 0 Å². The molecule has 2 aromatic rings. The zero-order valence-electron chi connectivity index (χ0n) is 16.3. The zero-order chi connectivity index (χ0) is 19.6. The van der Waals surface area contributed by atoms with Crippen LogP contribution in [0.4, 0.5) is 0 Å². The fraction of sp³-hybridized carbons (Fsp3) is 0.364. The molecule has 1 aliphatic rings. The Morgan fingerprint density at radius 2 is 1.89 bits per heavy atom. The number of hydrogen-bond acceptors (Lipinski definition) is 3. The lowest BCUT2D eigenvalue weighted by Crippen LogP contribution is -2.53. The van der Waals surface area contributed by atoms with E-state index in [-0.39, 0.29) is 18.4 Å². The average Bonchev–Trinajstić information content (AvgIpc) is 2.63. The summed E-state index contributed by atoms with van der Waals surface area (Å²) in [5.41, 5.74) is 5.36. The number of likely N-dealkylation sites (N-methyl/N-ethyl adjacent to an activating group) is 1. The van der Waals surface area contributed by atoms with E-state index in [9.17, 15) is 9.59 Å². The van der Waals surface area contributed by atoms with E-state index in [1.165, 1.54) is 5.56 Å². The molecular weight excluding hydrogens is 340 g/mol. The molecule has 1 heterocycles. The van der Waals surface area contributed by atoms with Crippen LogP contribution in [0, 0.1) is 20.8 Å². The molecular formula is C22H26N2O3. The molecule has 5 nitrogen and oxygen atoms in total. The van der Waals surface area contributed by atoms with E-state index < -0.39 is 12.1 Å².